The number of aryl methyl sites for hydroxylation is 3. The van der Waals surface area contributed by atoms with Crippen LogP contribution in [0.1, 0.15) is 80.0 Å². The van der Waals surface area contributed by atoms with Gasteiger partial charge in [0.05, 0.1) is 80.1 Å². The lowest BCUT2D eigenvalue weighted by Gasteiger charge is -2.10. The Morgan fingerprint density at radius 3 is 1.44 bits per heavy atom. The van der Waals surface area contributed by atoms with E-state index in [1.54, 1.807) is 184 Å². The molecule has 5 N–H and O–H groups in total. The largest absolute Gasteiger partial charge is 0.497 e. The van der Waals surface area contributed by atoms with Gasteiger partial charge in [-0.05, 0) is 136 Å². The molecular formula is C91H67F4N17O11. The third-order valence-electron chi connectivity index (χ3n) is 16.1. The van der Waals surface area contributed by atoms with Crippen molar-refractivity contribution in [1.29, 1.82) is 5.26 Å². The van der Waals surface area contributed by atoms with Gasteiger partial charge in [0.25, 0.3) is 29.5 Å². The molecule has 0 atom stereocenters. The summed E-state index contributed by atoms with van der Waals surface area (Å²) >= 11 is 0. The van der Waals surface area contributed by atoms with Crippen molar-refractivity contribution in [2.75, 3.05) is 33.7 Å². The molecule has 0 bridgehead atoms. The molecular weight excluding hydrogens is 1580 g/mol. The highest BCUT2D eigenvalue weighted by molar-refractivity contribution is 6.07. The van der Waals surface area contributed by atoms with Crippen LogP contribution >= 0.6 is 0 Å². The second-order valence-electron chi connectivity index (χ2n) is 25.4. The molecule has 0 unspecified atom stereocenters. The summed E-state index contributed by atoms with van der Waals surface area (Å²) in [6, 6.07) is 57.1. The normalized spacial score (nSPS) is 10.1. The van der Waals surface area contributed by atoms with Crippen molar-refractivity contribution in [2.45, 2.75) is 20.8 Å². The predicted octanol–water partition coefficient (Wildman–Crippen LogP) is 18.3. The molecule has 123 heavy (non-hydrogen) atoms. The molecule has 0 radical (unpaired) electrons. The molecule has 8 aromatic carbocycles. The van der Waals surface area contributed by atoms with Crippen LogP contribution in [0.25, 0.3) is 0 Å². The van der Waals surface area contributed by atoms with Crippen molar-refractivity contribution < 1.29 is 70.0 Å². The van der Waals surface area contributed by atoms with E-state index < -0.39 is 46.7 Å². The van der Waals surface area contributed by atoms with Gasteiger partial charge in [-0.2, -0.15) is 9.65 Å². The zero-order valence-corrected chi connectivity index (χ0v) is 65.2. The molecule has 610 valence electrons. The van der Waals surface area contributed by atoms with Crippen molar-refractivity contribution in [3.8, 4) is 81.7 Å². The maximum absolute atomic E-state index is 14.0. The summed E-state index contributed by atoms with van der Waals surface area (Å²) in [7, 11) is 1.49. The molecule has 15 aromatic rings. The molecule has 0 fully saturated rings. The number of nitrogens with one attached hydrogen (secondary N) is 5. The summed E-state index contributed by atoms with van der Waals surface area (Å²) in [5.74, 6) is 0.857. The van der Waals surface area contributed by atoms with Gasteiger partial charge in [0.15, 0.2) is 34.6 Å². The second kappa shape index (κ2) is 43.4. The number of nitriles is 1. The van der Waals surface area contributed by atoms with Crippen LogP contribution in [0.4, 0.5) is 46.0 Å². The van der Waals surface area contributed by atoms with Gasteiger partial charge in [-0.1, -0.05) is 60.0 Å². The number of carbonyl (C=O) groups excluding carboxylic acids is 5. The lowest BCUT2D eigenvalue weighted by molar-refractivity contribution is 0.101. The Labute approximate surface area is 699 Å². The number of benzene rings is 8. The smallest absolute Gasteiger partial charge is 0.274 e. The quantitative estimate of drug-likeness (QED) is 0.0329. The predicted molar refractivity (Wildman–Crippen MR) is 446 cm³/mol. The van der Waals surface area contributed by atoms with Gasteiger partial charge in [-0.25, -0.2) is 58.0 Å². The van der Waals surface area contributed by atoms with E-state index in [2.05, 4.69) is 93.4 Å². The molecule has 7 aromatic heterocycles. The Morgan fingerprint density at radius 1 is 0.374 bits per heavy atom. The number of ether oxygens (including phenoxy) is 6. The Balaban J connectivity index is 0.000000150. The van der Waals surface area contributed by atoms with E-state index in [1.165, 1.54) is 118 Å². The average molecular weight is 1650 g/mol. The molecule has 28 nitrogen and oxygen atoms in total. The van der Waals surface area contributed by atoms with Gasteiger partial charge in [0.2, 0.25) is 5.82 Å². The van der Waals surface area contributed by atoms with Crippen LogP contribution in [-0.2, 0) is 0 Å². The van der Waals surface area contributed by atoms with Gasteiger partial charge in [0.1, 0.15) is 82.8 Å². The van der Waals surface area contributed by atoms with E-state index in [1.807, 2.05) is 19.1 Å². The van der Waals surface area contributed by atoms with E-state index in [0.717, 1.165) is 11.6 Å². The van der Waals surface area contributed by atoms with Crippen molar-refractivity contribution in [3.05, 3.63) is 379 Å². The third-order valence-corrected chi connectivity index (χ3v) is 16.1. The summed E-state index contributed by atoms with van der Waals surface area (Å²) in [6.45, 7) is 5.28. The average Bonchev–Trinajstić information content (AvgIpc) is 0.822. The third kappa shape index (κ3) is 26.7. The van der Waals surface area contributed by atoms with E-state index >= 15 is 0 Å². The fourth-order valence-corrected chi connectivity index (χ4v) is 10.6. The zero-order chi connectivity index (χ0) is 86.8. The van der Waals surface area contributed by atoms with Crippen LogP contribution in [0, 0.1) is 67.7 Å². The number of aromatic nitrogens is 11. The molecule has 0 aliphatic carbocycles. The summed E-state index contributed by atoms with van der Waals surface area (Å²) in [5.41, 5.74) is 6.29. The van der Waals surface area contributed by atoms with Crippen molar-refractivity contribution in [1.82, 2.24) is 54.8 Å². The molecule has 5 amide bonds. The first-order valence-electron chi connectivity index (χ1n) is 36.4. The summed E-state index contributed by atoms with van der Waals surface area (Å²) in [6.07, 6.45) is 27.1. The standard InChI is InChI=1S/C19H15FN2O2.C19H14N4O2.C19H13N3O2.C17H12F2N4O2.C17H13FN4O3/c1-13-5-2-9-17(18(13)20)19(23)22-14-6-3-7-15(11-14)24-16-8-4-10-21-12-16;1-13-3-2-4-15(5-13)19(24)23-16-6-14(9-20)7-17(8-16)25-18-10-21-12-22-11-18;1-2-14-5-3-6-15(9-14)19(23)22-16-7-4-8-17(10-16)24-18-11-20-13-21-12-18;1-10-3-2-4-14(22-10)17(24)23-11-5-13(18)16(19)15(6-11)25-12-7-20-9-21-8-12;1-24-13-2-3-21-16(7-13)17(23)22-12-4-11(18)5-14(6-12)25-15-8-19-10-20-9-15/h2-12H,1H3,(H,22,23);2-8,10-12H,1H3,(H,23,24);1,3-13H,(H,22,23);2-9H,1H3,(H,23,24);2-10H,1H3,(H,22,23). The van der Waals surface area contributed by atoms with Gasteiger partial charge in [-0.15, -0.1) is 6.42 Å². The number of halogens is 4. The van der Waals surface area contributed by atoms with Crippen LogP contribution in [0.2, 0.25) is 0 Å². The van der Waals surface area contributed by atoms with Gasteiger partial charge in [0, 0.05) is 112 Å². The zero-order valence-electron chi connectivity index (χ0n) is 65.2. The first kappa shape index (κ1) is 86.3. The molecule has 32 heteroatoms. The van der Waals surface area contributed by atoms with Crippen molar-refractivity contribution in [2.24, 2.45) is 0 Å². The minimum atomic E-state index is -1.18. The number of terminal acetylenes is 1. The number of amides is 5. The Morgan fingerprint density at radius 2 is 0.862 bits per heavy atom. The van der Waals surface area contributed by atoms with Gasteiger partial charge < -0.3 is 55.0 Å². The van der Waals surface area contributed by atoms with Crippen LogP contribution < -0.4 is 55.0 Å². The fraction of sp³-hybridized carbons (Fsp3) is 0.0440. The number of methoxy groups -OCH3 is 1. The summed E-state index contributed by atoms with van der Waals surface area (Å²) in [5, 5.41) is 22.5. The van der Waals surface area contributed by atoms with E-state index in [4.69, 9.17) is 34.8 Å². The Kier molecular flexibility index (Phi) is 30.5. The number of nitrogens with zero attached hydrogens (tertiary/aromatic N) is 12. The summed E-state index contributed by atoms with van der Waals surface area (Å²) < 4.78 is 88.2. The first-order valence-corrected chi connectivity index (χ1v) is 36.4. The molecule has 7 heterocycles. The van der Waals surface area contributed by atoms with Crippen molar-refractivity contribution >= 4 is 58.0 Å². The van der Waals surface area contributed by atoms with Crippen LogP contribution in [0.5, 0.6) is 63.2 Å². The number of pyridine rings is 3. The van der Waals surface area contributed by atoms with Crippen LogP contribution in [-0.4, -0.2) is 91.5 Å². The number of carbonyl (C=O) groups is 5. The Bertz CT molecular complexity index is 6290. The fourth-order valence-electron chi connectivity index (χ4n) is 10.6. The maximum Gasteiger partial charge on any atom is 0.274 e. The lowest BCUT2D eigenvalue weighted by atomic mass is 10.1. The number of rotatable bonds is 21. The lowest BCUT2D eigenvalue weighted by Crippen LogP contribution is -2.14. The SMILES string of the molecule is C#Cc1cccc(C(=O)Nc2cccc(Oc3cncnc3)c2)c1.COc1ccnc(C(=O)Nc2cc(F)cc(Oc3cncnc3)c2)c1.Cc1cccc(C(=O)Nc2cc(C#N)cc(Oc3cncnc3)c2)c1.Cc1cccc(C(=O)Nc2cc(F)c(F)c(Oc3cncnc3)c2)n1.Cc1cccc(C(=O)Nc2cccc(Oc3cccnc3)c2)c1F. The molecule has 0 saturated heterocycles. The van der Waals surface area contributed by atoms with Crippen LogP contribution in [0.3, 0.4) is 0 Å². The number of anilines is 5. The summed E-state index contributed by atoms with van der Waals surface area (Å²) in [4.78, 5) is 104. The van der Waals surface area contributed by atoms with Gasteiger partial charge >= 0.3 is 0 Å². The maximum atomic E-state index is 14.0. The number of hydrogen-bond acceptors (Lipinski definition) is 23. The monoisotopic (exact) mass is 1650 g/mol. The highest BCUT2D eigenvalue weighted by Gasteiger charge is 2.19. The molecule has 0 saturated carbocycles. The molecule has 0 aliphatic rings. The van der Waals surface area contributed by atoms with Crippen molar-refractivity contribution in [3.63, 3.8) is 0 Å². The first-order chi connectivity index (χ1) is 59.7. The molecule has 0 spiro atoms. The molecule has 0 aliphatic heterocycles. The van der Waals surface area contributed by atoms with Gasteiger partial charge in [-0.3, -0.25) is 33.9 Å². The number of hydrogen-bond donors (Lipinski definition) is 5. The highest BCUT2D eigenvalue weighted by Crippen LogP contribution is 2.33. The Hall–Kier alpha value is -17.6. The van der Waals surface area contributed by atoms with E-state index in [9.17, 15) is 46.8 Å². The van der Waals surface area contributed by atoms with E-state index in [-0.39, 0.29) is 51.6 Å². The highest BCUT2D eigenvalue weighted by atomic mass is 19.2. The minimum Gasteiger partial charge on any atom is -0.497 e. The topological polar surface area (TPSA) is 366 Å². The van der Waals surface area contributed by atoms with E-state index in [0.29, 0.717) is 96.6 Å². The molecule has 15 rings (SSSR count). The minimum absolute atomic E-state index is 0.00795. The van der Waals surface area contributed by atoms with Crippen LogP contribution in [0.15, 0.2) is 300 Å². The second-order valence-corrected chi connectivity index (χ2v) is 25.4.